The van der Waals surface area contributed by atoms with Crippen LogP contribution in [0, 0.1) is 12.7 Å². The van der Waals surface area contributed by atoms with Gasteiger partial charge < -0.3 is 0 Å². The third-order valence-electron chi connectivity index (χ3n) is 2.76. The first kappa shape index (κ1) is 15.4. The van der Waals surface area contributed by atoms with Gasteiger partial charge in [-0.3, -0.25) is 4.98 Å². The molecule has 0 saturated carbocycles. The fraction of sp³-hybridized carbons (Fsp3) is 0.154. The van der Waals surface area contributed by atoms with Crippen LogP contribution < -0.4 is 0 Å². The summed E-state index contributed by atoms with van der Waals surface area (Å²) in [4.78, 5) is 3.87. The summed E-state index contributed by atoms with van der Waals surface area (Å²) >= 11 is 8.98. The van der Waals surface area contributed by atoms with E-state index in [0.717, 1.165) is 6.07 Å². The Hall–Kier alpha value is -0.980. The average molecular weight is 379 g/mol. The Morgan fingerprint density at radius 3 is 2.80 bits per heavy atom. The van der Waals surface area contributed by atoms with Crippen LogP contribution in [0.25, 0.3) is 0 Å². The lowest BCUT2D eigenvalue weighted by Crippen LogP contribution is -2.08. The first-order chi connectivity index (χ1) is 9.31. The van der Waals surface area contributed by atoms with Gasteiger partial charge in [-0.15, -0.1) is 0 Å². The molecule has 0 atom stereocenters. The van der Waals surface area contributed by atoms with E-state index in [1.54, 1.807) is 19.2 Å². The highest BCUT2D eigenvalue weighted by Crippen LogP contribution is 2.28. The Morgan fingerprint density at radius 2 is 2.10 bits per heavy atom. The Labute approximate surface area is 129 Å². The number of benzene rings is 1. The predicted octanol–water partition coefficient (Wildman–Crippen LogP) is 3.92. The Balaban J connectivity index is 2.46. The van der Waals surface area contributed by atoms with Gasteiger partial charge in [0.1, 0.15) is 5.82 Å². The molecule has 0 aliphatic carbocycles. The first-order valence-corrected chi connectivity index (χ1v) is 8.41. The molecule has 0 fully saturated rings. The van der Waals surface area contributed by atoms with Crippen LogP contribution >= 0.6 is 27.5 Å². The van der Waals surface area contributed by atoms with Gasteiger partial charge in [-0.1, -0.05) is 17.7 Å². The average Bonchev–Trinajstić information content (AvgIpc) is 2.36. The van der Waals surface area contributed by atoms with Crippen molar-refractivity contribution in [3.05, 3.63) is 57.0 Å². The molecule has 3 nitrogen and oxygen atoms in total. The van der Waals surface area contributed by atoms with Crippen molar-refractivity contribution in [2.75, 3.05) is 0 Å². The van der Waals surface area contributed by atoms with Gasteiger partial charge in [0, 0.05) is 16.4 Å². The van der Waals surface area contributed by atoms with Crippen LogP contribution in [0.4, 0.5) is 4.39 Å². The summed E-state index contributed by atoms with van der Waals surface area (Å²) in [7, 11) is -3.74. The second kappa shape index (κ2) is 5.79. The van der Waals surface area contributed by atoms with Gasteiger partial charge >= 0.3 is 0 Å². The number of hydrogen-bond acceptors (Lipinski definition) is 3. The van der Waals surface area contributed by atoms with E-state index < -0.39 is 15.7 Å². The van der Waals surface area contributed by atoms with Gasteiger partial charge in [-0.05, 0) is 46.6 Å². The Kier molecular flexibility index (Phi) is 4.46. The van der Waals surface area contributed by atoms with Crippen LogP contribution in [-0.2, 0) is 15.6 Å². The second-order valence-corrected chi connectivity index (χ2v) is 7.46. The summed E-state index contributed by atoms with van der Waals surface area (Å²) in [5.41, 5.74) is 1.14. The standard InChI is InChI=1S/C13H10BrClFNO2S/c1-8-9(5-10(14)6-17-8)7-20(18,19)12-4-2-3-11(16)13(12)15/h2-6H,7H2,1H3. The SMILES string of the molecule is Cc1ncc(Br)cc1CS(=O)(=O)c1cccc(F)c1Cl. The van der Waals surface area contributed by atoms with Gasteiger partial charge in [0.05, 0.1) is 15.7 Å². The lowest BCUT2D eigenvalue weighted by atomic mass is 10.2. The first-order valence-electron chi connectivity index (χ1n) is 5.59. The predicted molar refractivity (Wildman–Crippen MR) is 79.0 cm³/mol. The molecule has 0 aliphatic heterocycles. The summed E-state index contributed by atoms with van der Waals surface area (Å²) in [5, 5.41) is -0.381. The molecular weight excluding hydrogens is 369 g/mol. The summed E-state index contributed by atoms with van der Waals surface area (Å²) < 4.78 is 38.7. The molecule has 20 heavy (non-hydrogen) atoms. The lowest BCUT2D eigenvalue weighted by molar-refractivity contribution is 0.590. The highest BCUT2D eigenvalue weighted by molar-refractivity contribution is 9.10. The van der Waals surface area contributed by atoms with Crippen LogP contribution in [-0.4, -0.2) is 13.4 Å². The number of aryl methyl sites for hydroxylation is 1. The summed E-state index contributed by atoms with van der Waals surface area (Å²) in [5.74, 6) is -1.04. The second-order valence-electron chi connectivity index (χ2n) is 4.21. The van der Waals surface area contributed by atoms with Gasteiger partial charge in [0.25, 0.3) is 0 Å². The molecule has 0 radical (unpaired) electrons. The van der Waals surface area contributed by atoms with Crippen molar-refractivity contribution in [2.24, 2.45) is 0 Å². The molecule has 1 aromatic heterocycles. The molecule has 0 bridgehead atoms. The zero-order chi connectivity index (χ0) is 14.9. The summed E-state index contributed by atoms with van der Waals surface area (Å²) in [6, 6.07) is 5.40. The number of rotatable bonds is 3. The maximum Gasteiger partial charge on any atom is 0.184 e. The van der Waals surface area contributed by atoms with Crippen LogP contribution in [0.3, 0.4) is 0 Å². The monoisotopic (exact) mass is 377 g/mol. The lowest BCUT2D eigenvalue weighted by Gasteiger charge is -2.09. The Bertz CT molecular complexity index is 765. The van der Waals surface area contributed by atoms with Crippen molar-refractivity contribution in [1.29, 1.82) is 0 Å². The third-order valence-corrected chi connectivity index (χ3v) is 5.39. The van der Waals surface area contributed by atoms with Crippen LogP contribution in [0.5, 0.6) is 0 Å². The fourth-order valence-electron chi connectivity index (χ4n) is 1.70. The quantitative estimate of drug-likeness (QED) is 0.813. The fourth-order valence-corrected chi connectivity index (χ4v) is 4.07. The van der Waals surface area contributed by atoms with Gasteiger partial charge in [-0.2, -0.15) is 0 Å². The minimum absolute atomic E-state index is 0.210. The molecule has 1 heterocycles. The Morgan fingerprint density at radius 1 is 1.40 bits per heavy atom. The molecule has 0 unspecified atom stereocenters. The van der Waals surface area contributed by atoms with E-state index in [1.165, 1.54) is 12.1 Å². The minimum atomic E-state index is -3.74. The molecule has 7 heteroatoms. The normalized spacial score (nSPS) is 11.6. The summed E-state index contributed by atoms with van der Waals surface area (Å²) in [6.07, 6.45) is 1.58. The van der Waals surface area contributed by atoms with Gasteiger partial charge in [0.15, 0.2) is 9.84 Å². The smallest absolute Gasteiger partial charge is 0.184 e. The maximum absolute atomic E-state index is 13.4. The van der Waals surface area contributed by atoms with E-state index >= 15 is 0 Å². The highest BCUT2D eigenvalue weighted by Gasteiger charge is 2.22. The zero-order valence-corrected chi connectivity index (χ0v) is 13.6. The number of sulfone groups is 1. The molecule has 0 spiro atoms. The van der Waals surface area contributed by atoms with Crippen molar-refractivity contribution < 1.29 is 12.8 Å². The maximum atomic E-state index is 13.4. The summed E-state index contributed by atoms with van der Waals surface area (Å²) in [6.45, 7) is 1.71. The van der Waals surface area contributed by atoms with E-state index in [1.807, 2.05) is 0 Å². The van der Waals surface area contributed by atoms with Crippen LogP contribution in [0.2, 0.25) is 5.02 Å². The molecule has 0 saturated heterocycles. The number of pyridine rings is 1. The topological polar surface area (TPSA) is 47.0 Å². The van der Waals surface area contributed by atoms with E-state index in [2.05, 4.69) is 20.9 Å². The minimum Gasteiger partial charge on any atom is -0.260 e. The van der Waals surface area contributed by atoms with Crippen molar-refractivity contribution in [2.45, 2.75) is 17.6 Å². The largest absolute Gasteiger partial charge is 0.260 e. The molecule has 1 aromatic carbocycles. The van der Waals surface area contributed by atoms with Crippen LogP contribution in [0.1, 0.15) is 11.3 Å². The van der Waals surface area contributed by atoms with Crippen molar-refractivity contribution in [1.82, 2.24) is 4.98 Å². The molecule has 2 rings (SSSR count). The molecular formula is C13H10BrClFNO2S. The van der Waals surface area contributed by atoms with Crippen molar-refractivity contribution in [3.8, 4) is 0 Å². The van der Waals surface area contributed by atoms with E-state index in [0.29, 0.717) is 15.7 Å². The number of nitrogens with zero attached hydrogens (tertiary/aromatic N) is 1. The number of halogens is 3. The molecule has 2 aromatic rings. The number of aromatic nitrogens is 1. The van der Waals surface area contributed by atoms with E-state index in [9.17, 15) is 12.8 Å². The van der Waals surface area contributed by atoms with Gasteiger partial charge in [-0.25, -0.2) is 12.8 Å². The number of hydrogen-bond donors (Lipinski definition) is 0. The molecule has 0 N–H and O–H groups in total. The van der Waals surface area contributed by atoms with Crippen molar-refractivity contribution >= 4 is 37.4 Å². The molecule has 0 aliphatic rings. The van der Waals surface area contributed by atoms with E-state index in [4.69, 9.17) is 11.6 Å². The molecule has 106 valence electrons. The van der Waals surface area contributed by atoms with Crippen LogP contribution in [0.15, 0.2) is 39.8 Å². The third kappa shape index (κ3) is 3.19. The zero-order valence-electron chi connectivity index (χ0n) is 10.4. The van der Waals surface area contributed by atoms with E-state index in [-0.39, 0.29) is 15.7 Å². The van der Waals surface area contributed by atoms with Gasteiger partial charge in [0.2, 0.25) is 0 Å². The van der Waals surface area contributed by atoms with Crippen molar-refractivity contribution in [3.63, 3.8) is 0 Å². The highest BCUT2D eigenvalue weighted by atomic mass is 79.9. The molecule has 0 amide bonds.